The lowest BCUT2D eigenvalue weighted by molar-refractivity contribution is -0.135. The van der Waals surface area contributed by atoms with Gasteiger partial charge in [0.1, 0.15) is 6.04 Å². The smallest absolute Gasteiger partial charge is 0.248 e. The lowest BCUT2D eigenvalue weighted by Gasteiger charge is -2.29. The maximum atomic E-state index is 12.4. The predicted molar refractivity (Wildman–Crippen MR) is 80.1 cm³/mol. The fourth-order valence-electron chi connectivity index (χ4n) is 2.82. The number of ether oxygens (including phenoxy) is 1. The summed E-state index contributed by atoms with van der Waals surface area (Å²) < 4.78 is 4.98. The summed E-state index contributed by atoms with van der Waals surface area (Å²) >= 11 is 1.68. The molecule has 2 atom stereocenters. The molecule has 0 spiro atoms. The number of hydrogen-bond donors (Lipinski definition) is 1. The van der Waals surface area contributed by atoms with Crippen molar-refractivity contribution in [3.8, 4) is 5.88 Å². The highest BCUT2D eigenvalue weighted by molar-refractivity contribution is 8.01. The first-order valence-corrected chi connectivity index (χ1v) is 7.79. The van der Waals surface area contributed by atoms with E-state index in [2.05, 4.69) is 10.3 Å². The largest absolute Gasteiger partial charge is 0.481 e. The molecule has 1 aromatic rings. The van der Waals surface area contributed by atoms with Crippen molar-refractivity contribution >= 4 is 29.3 Å². The number of hydrogen-bond acceptors (Lipinski definition) is 5. The van der Waals surface area contributed by atoms with Gasteiger partial charge >= 0.3 is 0 Å². The maximum Gasteiger partial charge on any atom is 0.248 e. The number of thioether (sulfide) groups is 1. The van der Waals surface area contributed by atoms with Crippen LogP contribution >= 0.6 is 11.8 Å². The van der Waals surface area contributed by atoms with E-state index < -0.39 is 6.04 Å². The zero-order chi connectivity index (χ0) is 15.0. The average Bonchev–Trinajstić information content (AvgIpc) is 2.97. The molecular formula is C14H17N3O3S. The van der Waals surface area contributed by atoms with Gasteiger partial charge in [-0.3, -0.25) is 9.59 Å². The van der Waals surface area contributed by atoms with Crippen molar-refractivity contribution < 1.29 is 14.3 Å². The number of amides is 2. The number of nitrogens with one attached hydrogen (secondary N) is 1. The van der Waals surface area contributed by atoms with Gasteiger partial charge in [0, 0.05) is 18.2 Å². The minimum atomic E-state index is -0.405. The molecule has 1 N–H and O–H groups in total. The summed E-state index contributed by atoms with van der Waals surface area (Å²) in [5, 5.41) is 2.82. The van der Waals surface area contributed by atoms with E-state index >= 15 is 0 Å². The molecule has 2 fully saturated rings. The quantitative estimate of drug-likeness (QED) is 0.916. The van der Waals surface area contributed by atoms with Crippen LogP contribution in [0.15, 0.2) is 18.3 Å². The molecule has 2 aliphatic heterocycles. The molecule has 21 heavy (non-hydrogen) atoms. The normalized spacial score (nSPS) is 27.6. The van der Waals surface area contributed by atoms with E-state index in [0.29, 0.717) is 23.7 Å². The third kappa shape index (κ3) is 2.46. The number of aromatic nitrogens is 1. The Bertz CT molecular complexity index is 577. The maximum absolute atomic E-state index is 12.4. The number of carbonyl (C=O) groups excluding carboxylic acids is 2. The Hall–Kier alpha value is -1.76. The second kappa shape index (κ2) is 5.22. The van der Waals surface area contributed by atoms with Crippen LogP contribution < -0.4 is 10.1 Å². The van der Waals surface area contributed by atoms with E-state index in [1.807, 2.05) is 6.92 Å². The summed E-state index contributed by atoms with van der Waals surface area (Å²) in [6, 6.07) is 3.01. The molecule has 6 nitrogen and oxygen atoms in total. The van der Waals surface area contributed by atoms with Crippen molar-refractivity contribution in [2.45, 2.75) is 30.7 Å². The summed E-state index contributed by atoms with van der Waals surface area (Å²) in [4.78, 5) is 30.0. The summed E-state index contributed by atoms with van der Waals surface area (Å²) in [6.07, 6.45) is 2.88. The number of methoxy groups -OCH3 is 1. The van der Waals surface area contributed by atoms with E-state index in [1.165, 1.54) is 7.11 Å². The molecule has 2 aliphatic rings. The third-order valence-electron chi connectivity index (χ3n) is 3.96. The summed E-state index contributed by atoms with van der Waals surface area (Å²) in [6.45, 7) is 2.03. The fourth-order valence-corrected chi connectivity index (χ4v) is 4.25. The minimum Gasteiger partial charge on any atom is -0.481 e. The molecule has 2 amide bonds. The molecule has 3 rings (SSSR count). The van der Waals surface area contributed by atoms with E-state index in [-0.39, 0.29) is 16.7 Å². The first kappa shape index (κ1) is 14.2. The SMILES string of the molecule is COc1ccc(NC(=O)[C@@H]2CS[C@@]3(C)CCC(=O)N23)cn1. The Kier molecular flexibility index (Phi) is 3.52. The lowest BCUT2D eigenvalue weighted by Crippen LogP contribution is -2.48. The van der Waals surface area contributed by atoms with E-state index in [9.17, 15) is 9.59 Å². The lowest BCUT2D eigenvalue weighted by atomic mass is 10.2. The molecule has 0 aromatic carbocycles. The van der Waals surface area contributed by atoms with Gasteiger partial charge in [-0.25, -0.2) is 4.98 Å². The molecule has 112 valence electrons. The Morgan fingerprint density at radius 3 is 3.05 bits per heavy atom. The van der Waals surface area contributed by atoms with Gasteiger partial charge in [0.2, 0.25) is 17.7 Å². The van der Waals surface area contributed by atoms with Crippen molar-refractivity contribution in [3.63, 3.8) is 0 Å². The van der Waals surface area contributed by atoms with Crippen LogP contribution in [0.5, 0.6) is 5.88 Å². The van der Waals surface area contributed by atoms with Gasteiger partial charge < -0.3 is 15.0 Å². The first-order chi connectivity index (χ1) is 10.0. The highest BCUT2D eigenvalue weighted by Crippen LogP contribution is 2.47. The Labute approximate surface area is 127 Å². The van der Waals surface area contributed by atoms with Gasteiger partial charge in [0.15, 0.2) is 0 Å². The number of nitrogens with zero attached hydrogens (tertiary/aromatic N) is 2. The molecule has 0 radical (unpaired) electrons. The summed E-state index contributed by atoms with van der Waals surface area (Å²) in [7, 11) is 1.54. The van der Waals surface area contributed by atoms with E-state index in [0.717, 1.165) is 6.42 Å². The van der Waals surface area contributed by atoms with Gasteiger partial charge in [0.05, 0.1) is 23.9 Å². The average molecular weight is 307 g/mol. The van der Waals surface area contributed by atoms with Crippen LogP contribution in [-0.4, -0.2) is 45.5 Å². The molecule has 0 bridgehead atoms. The van der Waals surface area contributed by atoms with Crippen LogP contribution in [0, 0.1) is 0 Å². The van der Waals surface area contributed by atoms with Crippen LogP contribution in [0.4, 0.5) is 5.69 Å². The van der Waals surface area contributed by atoms with Gasteiger partial charge in [-0.15, -0.1) is 11.8 Å². The highest BCUT2D eigenvalue weighted by Gasteiger charge is 2.52. The molecule has 0 saturated carbocycles. The Morgan fingerprint density at radius 1 is 1.57 bits per heavy atom. The second-order valence-corrected chi connectivity index (χ2v) is 6.85. The Balaban J connectivity index is 1.72. The van der Waals surface area contributed by atoms with Crippen molar-refractivity contribution in [2.75, 3.05) is 18.2 Å². The number of rotatable bonds is 3. The van der Waals surface area contributed by atoms with Crippen molar-refractivity contribution in [1.82, 2.24) is 9.88 Å². The summed E-state index contributed by atoms with van der Waals surface area (Å²) in [5.74, 6) is 1.04. The van der Waals surface area contributed by atoms with Crippen LogP contribution in [0.1, 0.15) is 19.8 Å². The fraction of sp³-hybridized carbons (Fsp3) is 0.500. The summed E-state index contributed by atoms with van der Waals surface area (Å²) in [5.41, 5.74) is 0.603. The van der Waals surface area contributed by atoms with Crippen LogP contribution in [0.25, 0.3) is 0 Å². The van der Waals surface area contributed by atoms with Gasteiger partial charge in [-0.05, 0) is 19.4 Å². The molecule has 0 unspecified atom stereocenters. The molecule has 7 heteroatoms. The van der Waals surface area contributed by atoms with Crippen molar-refractivity contribution in [3.05, 3.63) is 18.3 Å². The molecule has 0 aliphatic carbocycles. The Morgan fingerprint density at radius 2 is 2.38 bits per heavy atom. The zero-order valence-corrected chi connectivity index (χ0v) is 12.8. The van der Waals surface area contributed by atoms with Gasteiger partial charge in [-0.1, -0.05) is 0 Å². The number of pyridine rings is 1. The highest BCUT2D eigenvalue weighted by atomic mass is 32.2. The standard InChI is InChI=1S/C14H17N3O3S/c1-14-6-5-12(18)17(14)10(8-21-14)13(19)16-9-3-4-11(20-2)15-7-9/h3-4,7,10H,5-6,8H2,1-2H3,(H,16,19)/t10-,14-/m0/s1. The monoisotopic (exact) mass is 307 g/mol. The number of carbonyl (C=O) groups is 2. The third-order valence-corrected chi connectivity index (χ3v) is 5.47. The number of anilines is 1. The van der Waals surface area contributed by atoms with Crippen molar-refractivity contribution in [2.24, 2.45) is 0 Å². The molecule has 2 saturated heterocycles. The molecular weight excluding hydrogens is 290 g/mol. The van der Waals surface area contributed by atoms with Crippen LogP contribution in [0.3, 0.4) is 0 Å². The topological polar surface area (TPSA) is 71.5 Å². The minimum absolute atomic E-state index is 0.0653. The molecule has 1 aromatic heterocycles. The first-order valence-electron chi connectivity index (χ1n) is 6.80. The second-order valence-electron chi connectivity index (χ2n) is 5.34. The van der Waals surface area contributed by atoms with Crippen molar-refractivity contribution in [1.29, 1.82) is 0 Å². The predicted octanol–water partition coefficient (Wildman–Crippen LogP) is 1.48. The van der Waals surface area contributed by atoms with Crippen LogP contribution in [0.2, 0.25) is 0 Å². The molecule has 3 heterocycles. The van der Waals surface area contributed by atoms with E-state index in [4.69, 9.17) is 4.74 Å². The zero-order valence-electron chi connectivity index (χ0n) is 12.0. The van der Waals surface area contributed by atoms with Gasteiger partial charge in [0.25, 0.3) is 0 Å². The van der Waals surface area contributed by atoms with Gasteiger partial charge in [-0.2, -0.15) is 0 Å². The number of fused-ring (bicyclic) bond motifs is 1. The van der Waals surface area contributed by atoms with Crippen LogP contribution in [-0.2, 0) is 9.59 Å². The van der Waals surface area contributed by atoms with E-state index in [1.54, 1.807) is 35.0 Å².